The highest BCUT2D eigenvalue weighted by Gasteiger charge is 2.25. The molecule has 152 valence electrons. The number of hydrogen-bond donors (Lipinski definition) is 0. The number of halogens is 2. The Balaban J connectivity index is 3.01. The van der Waals surface area contributed by atoms with Crippen LogP contribution in [0, 0.1) is 0 Å². The van der Waals surface area contributed by atoms with Gasteiger partial charge in [-0.2, -0.15) is 0 Å². The summed E-state index contributed by atoms with van der Waals surface area (Å²) in [7, 11) is 1.76. The minimum atomic E-state index is -0.546. The van der Waals surface area contributed by atoms with Crippen molar-refractivity contribution in [2.24, 2.45) is 0 Å². The van der Waals surface area contributed by atoms with E-state index < -0.39 is 5.60 Å². The molecule has 1 aromatic rings. The van der Waals surface area contributed by atoms with Gasteiger partial charge in [0.05, 0.1) is 16.1 Å². The Morgan fingerprint density at radius 1 is 1.21 bits per heavy atom. The monoisotopic (exact) mass is 421 g/mol. The van der Waals surface area contributed by atoms with Gasteiger partial charge in [-0.05, 0) is 57.4 Å². The molecule has 0 unspecified atom stereocenters. The zero-order valence-corrected chi connectivity index (χ0v) is 18.7. The lowest BCUT2D eigenvalue weighted by atomic mass is 10.0. The van der Waals surface area contributed by atoms with E-state index in [0.29, 0.717) is 16.5 Å². The summed E-state index contributed by atoms with van der Waals surface area (Å²) in [5.41, 5.74) is 1.43. The average Bonchev–Trinajstić information content (AvgIpc) is 2.63. The third-order valence-corrected chi connectivity index (χ3v) is 4.60. The first kappa shape index (κ1) is 24.1. The number of amides is 1. The molecule has 5 heteroatoms. The van der Waals surface area contributed by atoms with Crippen molar-refractivity contribution in [3.8, 4) is 0 Å². The summed E-state index contributed by atoms with van der Waals surface area (Å²) in [5, 5.41) is 0.838. The maximum absolute atomic E-state index is 12.5. The van der Waals surface area contributed by atoms with Crippen LogP contribution < -0.4 is 0 Å². The Hall–Kier alpha value is -1.97. The van der Waals surface area contributed by atoms with Crippen LogP contribution in [0.5, 0.6) is 0 Å². The molecule has 1 atom stereocenters. The van der Waals surface area contributed by atoms with E-state index in [-0.39, 0.29) is 12.1 Å². The number of nitrogens with zero attached hydrogens (tertiary/aromatic N) is 1. The first-order chi connectivity index (χ1) is 13.0. The van der Waals surface area contributed by atoms with Gasteiger partial charge in [0.15, 0.2) is 0 Å². The largest absolute Gasteiger partial charge is 0.444 e. The van der Waals surface area contributed by atoms with Gasteiger partial charge in [-0.15, -0.1) is 0 Å². The summed E-state index contributed by atoms with van der Waals surface area (Å²) in [6.07, 6.45) is 7.51. The summed E-state index contributed by atoms with van der Waals surface area (Å²) < 4.78 is 5.52. The van der Waals surface area contributed by atoms with Gasteiger partial charge < -0.3 is 9.64 Å². The molecule has 1 aromatic carbocycles. The van der Waals surface area contributed by atoms with E-state index in [4.69, 9.17) is 27.9 Å². The zero-order chi connectivity index (χ0) is 21.3. The van der Waals surface area contributed by atoms with Crippen LogP contribution in [0.3, 0.4) is 0 Å². The number of carbonyl (C=O) groups excluding carboxylic acids is 1. The second kappa shape index (κ2) is 11.1. The van der Waals surface area contributed by atoms with Crippen LogP contribution in [0.4, 0.5) is 4.79 Å². The summed E-state index contributed by atoms with van der Waals surface area (Å²) in [5.74, 6) is 0. The van der Waals surface area contributed by atoms with Crippen LogP contribution in [0.2, 0.25) is 0 Å². The number of rotatable bonds is 7. The molecule has 0 bridgehead atoms. The molecule has 1 rings (SSSR count). The average molecular weight is 422 g/mol. The van der Waals surface area contributed by atoms with Crippen LogP contribution in [0.1, 0.15) is 45.7 Å². The van der Waals surface area contributed by atoms with Gasteiger partial charge in [0.2, 0.25) is 0 Å². The Labute approximate surface area is 179 Å². The van der Waals surface area contributed by atoms with Gasteiger partial charge in [-0.3, -0.25) is 0 Å². The van der Waals surface area contributed by atoms with Gasteiger partial charge >= 0.3 is 6.09 Å². The molecule has 0 aliphatic carbocycles. The fourth-order valence-electron chi connectivity index (χ4n) is 2.45. The molecule has 0 radical (unpaired) electrons. The summed E-state index contributed by atoms with van der Waals surface area (Å²) in [6, 6.07) is 9.73. The summed E-state index contributed by atoms with van der Waals surface area (Å²) >= 11 is 12.1. The number of ether oxygens (including phenoxy) is 1. The number of allylic oxidation sites excluding steroid dienone is 6. The van der Waals surface area contributed by atoms with Crippen molar-refractivity contribution in [3.63, 3.8) is 0 Å². The molecule has 0 heterocycles. The highest BCUT2D eigenvalue weighted by atomic mass is 35.5. The number of hydrogen-bond acceptors (Lipinski definition) is 2. The Bertz CT molecular complexity index is 759. The number of benzene rings is 1. The molecular formula is C23H29Cl2NO2. The van der Waals surface area contributed by atoms with Crippen LogP contribution in [-0.2, 0) is 4.74 Å². The SMILES string of the molecule is C=C/C(Cl)=C(/Cl)C=C(C)C=CC[C@@H](c1ccccc1)N(C)C(=O)OC(C)(C)C. The molecule has 0 aliphatic rings. The van der Waals surface area contributed by atoms with Gasteiger partial charge in [0.1, 0.15) is 5.60 Å². The molecule has 0 saturated heterocycles. The minimum Gasteiger partial charge on any atom is -0.444 e. The molecule has 1 amide bonds. The summed E-state index contributed by atoms with van der Waals surface area (Å²) in [6.45, 7) is 11.1. The maximum atomic E-state index is 12.5. The molecule has 3 nitrogen and oxygen atoms in total. The van der Waals surface area contributed by atoms with E-state index in [1.54, 1.807) is 18.0 Å². The van der Waals surface area contributed by atoms with Gasteiger partial charge in [-0.25, -0.2) is 4.79 Å². The first-order valence-electron chi connectivity index (χ1n) is 9.08. The lowest BCUT2D eigenvalue weighted by Crippen LogP contribution is -2.36. The van der Waals surface area contributed by atoms with Crippen molar-refractivity contribution in [3.05, 3.63) is 82.4 Å². The second-order valence-corrected chi connectivity index (χ2v) is 8.26. The zero-order valence-electron chi connectivity index (χ0n) is 17.2. The Morgan fingerprint density at radius 3 is 2.36 bits per heavy atom. The molecule has 0 spiro atoms. The molecule has 0 N–H and O–H groups in total. The first-order valence-corrected chi connectivity index (χ1v) is 9.84. The van der Waals surface area contributed by atoms with Crippen molar-refractivity contribution < 1.29 is 9.53 Å². The van der Waals surface area contributed by atoms with Crippen molar-refractivity contribution >= 4 is 29.3 Å². The van der Waals surface area contributed by atoms with E-state index in [1.807, 2.05) is 70.2 Å². The highest BCUT2D eigenvalue weighted by Crippen LogP contribution is 2.26. The molecule has 0 saturated carbocycles. The van der Waals surface area contributed by atoms with Crippen LogP contribution >= 0.6 is 23.2 Å². The third kappa shape index (κ3) is 8.37. The van der Waals surface area contributed by atoms with Crippen LogP contribution in [0.15, 0.2) is 76.9 Å². The van der Waals surface area contributed by atoms with Crippen molar-refractivity contribution in [2.75, 3.05) is 7.05 Å². The maximum Gasteiger partial charge on any atom is 0.410 e. The number of carbonyl (C=O) groups is 1. The van der Waals surface area contributed by atoms with Gasteiger partial charge in [0.25, 0.3) is 0 Å². The quantitative estimate of drug-likeness (QED) is 0.430. The Kier molecular flexibility index (Phi) is 9.57. The minimum absolute atomic E-state index is 0.150. The summed E-state index contributed by atoms with van der Waals surface area (Å²) in [4.78, 5) is 14.2. The normalized spacial score (nSPS) is 14.5. The van der Waals surface area contributed by atoms with Gasteiger partial charge in [-0.1, -0.05) is 72.3 Å². The molecule has 0 aromatic heterocycles. The third-order valence-electron chi connectivity index (χ3n) is 3.84. The molecule has 28 heavy (non-hydrogen) atoms. The molecule has 0 aliphatic heterocycles. The predicted molar refractivity (Wildman–Crippen MR) is 120 cm³/mol. The van der Waals surface area contributed by atoms with Crippen molar-refractivity contribution in [2.45, 2.75) is 45.8 Å². The van der Waals surface area contributed by atoms with Crippen LogP contribution in [0.25, 0.3) is 0 Å². The van der Waals surface area contributed by atoms with E-state index in [0.717, 1.165) is 11.1 Å². The topological polar surface area (TPSA) is 29.5 Å². The standard InChI is InChI=1S/C23H29Cl2NO2/c1-7-19(24)20(25)16-17(2)12-11-15-21(18-13-9-8-10-14-18)26(6)22(27)28-23(3,4)5/h7-14,16,21H,1,15H2,2-6H3/b12-11?,17-16?,20-19-/t21-/m0/s1. The lowest BCUT2D eigenvalue weighted by molar-refractivity contribution is 0.0221. The fraction of sp³-hybridized carbons (Fsp3) is 0.348. The smallest absolute Gasteiger partial charge is 0.410 e. The van der Waals surface area contributed by atoms with Crippen molar-refractivity contribution in [1.29, 1.82) is 0 Å². The van der Waals surface area contributed by atoms with Crippen LogP contribution in [-0.4, -0.2) is 23.6 Å². The molecule has 0 fully saturated rings. The molecular weight excluding hydrogens is 393 g/mol. The second-order valence-electron chi connectivity index (χ2n) is 7.44. The lowest BCUT2D eigenvalue weighted by Gasteiger charge is -2.30. The van der Waals surface area contributed by atoms with E-state index >= 15 is 0 Å². The predicted octanol–water partition coefficient (Wildman–Crippen LogP) is 7.36. The fourth-order valence-corrected chi connectivity index (χ4v) is 2.76. The van der Waals surface area contributed by atoms with E-state index in [1.165, 1.54) is 6.08 Å². The van der Waals surface area contributed by atoms with E-state index in [9.17, 15) is 4.79 Å². The highest BCUT2D eigenvalue weighted by molar-refractivity contribution is 6.41. The van der Waals surface area contributed by atoms with Crippen molar-refractivity contribution in [1.82, 2.24) is 4.90 Å². The van der Waals surface area contributed by atoms with E-state index in [2.05, 4.69) is 6.58 Å². The van der Waals surface area contributed by atoms with Gasteiger partial charge in [0, 0.05) is 7.05 Å². The Morgan fingerprint density at radius 2 is 1.82 bits per heavy atom.